The zero-order chi connectivity index (χ0) is 26.3. The quantitative estimate of drug-likeness (QED) is 0.235. The molecule has 0 bridgehead atoms. The molecule has 194 valence electrons. The molecule has 5 rings (SSSR count). The topological polar surface area (TPSA) is 43.8 Å². The number of urea groups is 1. The maximum Gasteiger partial charge on any atom is 0.321 e. The minimum atomic E-state index is -0.756. The molecule has 0 spiro atoms. The lowest BCUT2D eigenvalue weighted by Crippen LogP contribution is -2.68. The van der Waals surface area contributed by atoms with E-state index >= 15 is 0 Å². The van der Waals surface area contributed by atoms with E-state index < -0.39 is 12.1 Å². The molecule has 38 heavy (non-hydrogen) atoms. The Morgan fingerprint density at radius 1 is 0.632 bits per heavy atom. The number of rotatable bonds is 9. The summed E-state index contributed by atoms with van der Waals surface area (Å²) >= 11 is 3.93. The lowest BCUT2D eigenvalue weighted by molar-refractivity contribution is -0.0428. The first-order valence-corrected chi connectivity index (χ1v) is 14.1. The van der Waals surface area contributed by atoms with Gasteiger partial charge >= 0.3 is 6.03 Å². The summed E-state index contributed by atoms with van der Waals surface area (Å²) in [4.78, 5) is 18.0. The van der Waals surface area contributed by atoms with E-state index in [2.05, 4.69) is 40.2 Å². The predicted octanol–water partition coefficient (Wildman–Crippen LogP) is 6.47. The highest BCUT2D eigenvalue weighted by Gasteiger charge is 2.48. The van der Waals surface area contributed by atoms with Gasteiger partial charge in [-0.25, -0.2) is 4.79 Å². The number of carbonyl (C=O) groups excluding carboxylic acids is 1. The molecule has 1 N–H and O–H groups in total. The minimum Gasteiger partial charge on any atom is -0.389 e. The van der Waals surface area contributed by atoms with Gasteiger partial charge in [0.25, 0.3) is 0 Å². The Balaban J connectivity index is 1.52. The molecule has 1 saturated heterocycles. The van der Waals surface area contributed by atoms with E-state index in [0.717, 1.165) is 16.7 Å². The third-order valence-corrected chi connectivity index (χ3v) is 8.18. The van der Waals surface area contributed by atoms with Crippen LogP contribution in [0.2, 0.25) is 0 Å². The Kier molecular flexibility index (Phi) is 8.57. The highest BCUT2D eigenvalue weighted by Crippen LogP contribution is 2.33. The summed E-state index contributed by atoms with van der Waals surface area (Å²) in [6, 6.07) is 39.7. The Bertz CT molecular complexity index is 1290. The maximum atomic E-state index is 14.4. The van der Waals surface area contributed by atoms with E-state index in [4.69, 9.17) is 0 Å². The van der Waals surface area contributed by atoms with Gasteiger partial charge in [-0.15, -0.1) is 0 Å². The van der Waals surface area contributed by atoms with Gasteiger partial charge in [-0.3, -0.25) is 0 Å². The van der Waals surface area contributed by atoms with E-state index in [-0.39, 0.29) is 16.9 Å². The summed E-state index contributed by atoms with van der Waals surface area (Å²) < 4.78 is 0. The highest BCUT2D eigenvalue weighted by atomic mass is 79.9. The smallest absolute Gasteiger partial charge is 0.321 e. The third-order valence-electron chi connectivity index (χ3n) is 7.32. The number of benzene rings is 4. The fraction of sp³-hybridized carbons (Fsp3) is 0.242. The number of nitrogens with zero attached hydrogens (tertiary/aromatic N) is 2. The summed E-state index contributed by atoms with van der Waals surface area (Å²) in [5.74, 6) is 0. The van der Waals surface area contributed by atoms with Crippen molar-refractivity contribution in [1.82, 2.24) is 9.80 Å². The van der Waals surface area contributed by atoms with E-state index in [0.29, 0.717) is 25.9 Å². The van der Waals surface area contributed by atoms with E-state index in [1.54, 1.807) is 0 Å². The lowest BCUT2D eigenvalue weighted by atomic mass is 9.88. The van der Waals surface area contributed by atoms with E-state index in [9.17, 15) is 9.90 Å². The highest BCUT2D eigenvalue weighted by molar-refractivity contribution is 9.09. The van der Waals surface area contributed by atoms with Crippen molar-refractivity contribution >= 4 is 22.0 Å². The molecular formula is C33H33BrN2O2. The zero-order valence-corrected chi connectivity index (χ0v) is 22.9. The normalized spacial score (nSPS) is 20.4. The fourth-order valence-electron chi connectivity index (χ4n) is 5.40. The van der Waals surface area contributed by atoms with Crippen LogP contribution in [-0.2, 0) is 25.9 Å². The van der Waals surface area contributed by atoms with Gasteiger partial charge in [0, 0.05) is 17.9 Å². The van der Waals surface area contributed by atoms with Gasteiger partial charge in [-0.2, -0.15) is 0 Å². The fourth-order valence-corrected chi connectivity index (χ4v) is 6.38. The van der Waals surface area contributed by atoms with E-state index in [1.165, 1.54) is 5.56 Å². The molecule has 4 aromatic carbocycles. The molecule has 0 radical (unpaired) electrons. The predicted molar refractivity (Wildman–Crippen MR) is 156 cm³/mol. The zero-order valence-electron chi connectivity index (χ0n) is 21.3. The van der Waals surface area contributed by atoms with Gasteiger partial charge in [-0.05, 0) is 35.1 Å². The van der Waals surface area contributed by atoms with Crippen LogP contribution in [0.3, 0.4) is 0 Å². The minimum absolute atomic E-state index is 0.0496. The van der Waals surface area contributed by atoms with Crippen molar-refractivity contribution < 1.29 is 9.90 Å². The summed E-state index contributed by atoms with van der Waals surface area (Å²) in [6.45, 7) is 0.875. The third kappa shape index (κ3) is 6.17. The van der Waals surface area contributed by atoms with Crippen LogP contribution in [0.15, 0.2) is 121 Å². The van der Waals surface area contributed by atoms with Crippen molar-refractivity contribution in [3.05, 3.63) is 144 Å². The van der Waals surface area contributed by atoms with Gasteiger partial charge in [0.1, 0.15) is 0 Å². The number of hydrogen-bond donors (Lipinski definition) is 1. The van der Waals surface area contributed by atoms with Crippen LogP contribution in [0.5, 0.6) is 0 Å². The molecule has 4 aromatic rings. The Labute approximate surface area is 233 Å². The number of carbonyl (C=O) groups is 1. The number of aliphatic hydroxyl groups is 1. The second-order valence-corrected chi connectivity index (χ2v) is 11.1. The van der Waals surface area contributed by atoms with E-state index in [1.807, 2.05) is 107 Å². The Hall–Kier alpha value is -3.41. The molecule has 2 amide bonds. The summed E-state index contributed by atoms with van der Waals surface area (Å²) in [7, 11) is 0. The van der Waals surface area contributed by atoms with Crippen molar-refractivity contribution in [3.8, 4) is 0 Å². The van der Waals surface area contributed by atoms with Gasteiger partial charge < -0.3 is 14.9 Å². The second-order valence-electron chi connectivity index (χ2n) is 9.95. The van der Waals surface area contributed by atoms with Gasteiger partial charge in [0.2, 0.25) is 0 Å². The van der Waals surface area contributed by atoms with Crippen LogP contribution >= 0.6 is 15.9 Å². The van der Waals surface area contributed by atoms with Crippen LogP contribution in [0.1, 0.15) is 22.3 Å². The van der Waals surface area contributed by atoms with Crippen LogP contribution in [0.25, 0.3) is 0 Å². The Morgan fingerprint density at radius 3 is 1.55 bits per heavy atom. The SMILES string of the molecule is O=C1N(Cc2ccccc2)[C@@H]([C@@H](Br)Cc2ccccc2)[C@H](O)[C@@H](Cc2ccccc2)N1Cc1ccccc1. The molecule has 0 aromatic heterocycles. The standard InChI is InChI=1S/C33H33BrN2O2/c34-29(21-25-13-5-1-6-14-25)31-32(37)30(22-26-15-7-2-8-16-26)35(23-27-17-9-3-10-18-27)33(38)36(31)24-28-19-11-4-12-20-28/h1-20,29-32,37H,21-24H2/t29-,30+,31-,32+/m0/s1. The summed E-state index contributed by atoms with van der Waals surface area (Å²) in [5.41, 5.74) is 4.36. The monoisotopic (exact) mass is 568 g/mol. The molecule has 5 heteroatoms. The van der Waals surface area contributed by atoms with Crippen LogP contribution in [0, 0.1) is 0 Å². The molecule has 4 atom stereocenters. The van der Waals surface area contributed by atoms with Crippen LogP contribution in [-0.4, -0.2) is 44.0 Å². The van der Waals surface area contributed by atoms with Crippen LogP contribution in [0.4, 0.5) is 4.79 Å². The molecule has 4 nitrogen and oxygen atoms in total. The number of amides is 2. The van der Waals surface area contributed by atoms with Gasteiger partial charge in [0.05, 0.1) is 18.2 Å². The van der Waals surface area contributed by atoms with Crippen molar-refractivity contribution in [2.45, 2.75) is 48.9 Å². The first kappa shape index (κ1) is 26.2. The first-order chi connectivity index (χ1) is 18.6. The van der Waals surface area contributed by atoms with Crippen molar-refractivity contribution in [3.63, 3.8) is 0 Å². The van der Waals surface area contributed by atoms with Crippen molar-refractivity contribution in [2.75, 3.05) is 0 Å². The average molecular weight is 570 g/mol. The van der Waals surface area contributed by atoms with Crippen LogP contribution < -0.4 is 0 Å². The molecule has 1 heterocycles. The van der Waals surface area contributed by atoms with Gasteiger partial charge in [0.15, 0.2) is 0 Å². The lowest BCUT2D eigenvalue weighted by Gasteiger charge is -2.51. The van der Waals surface area contributed by atoms with Crippen molar-refractivity contribution in [2.24, 2.45) is 0 Å². The molecule has 1 aliphatic rings. The molecule has 1 aliphatic heterocycles. The Morgan fingerprint density at radius 2 is 1.05 bits per heavy atom. The summed E-state index contributed by atoms with van der Waals surface area (Å²) in [6.07, 6.45) is 0.535. The molecular weight excluding hydrogens is 536 g/mol. The second kappa shape index (κ2) is 12.4. The average Bonchev–Trinajstić information content (AvgIpc) is 2.95. The van der Waals surface area contributed by atoms with Gasteiger partial charge in [-0.1, -0.05) is 137 Å². The number of aliphatic hydroxyl groups excluding tert-OH is 1. The molecule has 0 aliphatic carbocycles. The number of hydrogen-bond acceptors (Lipinski definition) is 2. The van der Waals surface area contributed by atoms with Crippen molar-refractivity contribution in [1.29, 1.82) is 0 Å². The molecule has 1 fully saturated rings. The molecule has 0 saturated carbocycles. The number of alkyl halides is 1. The summed E-state index contributed by atoms with van der Waals surface area (Å²) in [5, 5.41) is 12.1. The molecule has 0 unspecified atom stereocenters. The maximum absolute atomic E-state index is 14.4. The first-order valence-electron chi connectivity index (χ1n) is 13.2. The number of halogens is 1. The largest absolute Gasteiger partial charge is 0.389 e.